The van der Waals surface area contributed by atoms with E-state index in [1.54, 1.807) is 0 Å². The summed E-state index contributed by atoms with van der Waals surface area (Å²) in [5.41, 5.74) is 2.84. The Morgan fingerprint density at radius 3 is 2.80 bits per heavy atom. The Morgan fingerprint density at radius 2 is 2.15 bits per heavy atom. The zero-order valence-electron chi connectivity index (χ0n) is 12.7. The van der Waals surface area contributed by atoms with Crippen molar-refractivity contribution in [3.63, 3.8) is 0 Å². The highest BCUT2D eigenvalue weighted by atomic mass is 16.5. The van der Waals surface area contributed by atoms with Crippen LogP contribution in [0.4, 0.5) is 0 Å². The largest absolute Gasteiger partial charge is 0.424 e. The second kappa shape index (κ2) is 6.07. The second-order valence-corrected chi connectivity index (χ2v) is 5.23. The molecule has 0 N–H and O–H groups in total. The van der Waals surface area contributed by atoms with E-state index in [1.807, 2.05) is 30.8 Å². The van der Waals surface area contributed by atoms with E-state index in [9.17, 15) is 4.79 Å². The van der Waals surface area contributed by atoms with Crippen molar-refractivity contribution in [1.29, 1.82) is 0 Å². The molecule has 2 aromatic rings. The van der Waals surface area contributed by atoms with Crippen molar-refractivity contribution in [3.8, 4) is 5.75 Å². The molecule has 0 spiro atoms. The quantitative estimate of drug-likeness (QED) is 0.618. The van der Waals surface area contributed by atoms with Crippen molar-refractivity contribution < 1.29 is 9.53 Å². The molecule has 0 amide bonds. The van der Waals surface area contributed by atoms with Crippen LogP contribution in [0, 0.1) is 6.92 Å². The first-order chi connectivity index (χ1) is 9.54. The normalized spacial score (nSPS) is 11.0. The minimum absolute atomic E-state index is 0.290. The fourth-order valence-corrected chi connectivity index (χ4v) is 2.46. The highest BCUT2D eigenvalue weighted by molar-refractivity contribution is 5.84. The number of hydrogen-bond acceptors (Lipinski definition) is 3. The number of carbonyl (C=O) groups excluding carboxylic acids is 1. The fourth-order valence-electron chi connectivity index (χ4n) is 2.46. The van der Waals surface area contributed by atoms with Gasteiger partial charge < -0.3 is 9.30 Å². The molecule has 4 heteroatoms. The summed E-state index contributed by atoms with van der Waals surface area (Å²) in [6.45, 7) is 5.60. The van der Waals surface area contributed by atoms with Crippen LogP contribution in [-0.2, 0) is 18.3 Å². The molecule has 108 valence electrons. The SMILES string of the molecule is CCCCCc1nc2c(ccn2C)c(C)c1OC(C)=O. The number of carbonyl (C=O) groups is 1. The van der Waals surface area contributed by atoms with Crippen molar-refractivity contribution in [2.45, 2.75) is 46.5 Å². The van der Waals surface area contributed by atoms with Gasteiger partial charge in [-0.2, -0.15) is 0 Å². The third-order valence-electron chi connectivity index (χ3n) is 3.55. The average molecular weight is 274 g/mol. The lowest BCUT2D eigenvalue weighted by atomic mass is 10.1. The topological polar surface area (TPSA) is 44.1 Å². The van der Waals surface area contributed by atoms with Crippen LogP contribution in [0.5, 0.6) is 5.75 Å². The van der Waals surface area contributed by atoms with Crippen molar-refractivity contribution in [2.24, 2.45) is 7.05 Å². The Balaban J connectivity index is 2.49. The number of ether oxygens (including phenoxy) is 1. The summed E-state index contributed by atoms with van der Waals surface area (Å²) in [7, 11) is 1.98. The molecule has 2 heterocycles. The van der Waals surface area contributed by atoms with E-state index in [2.05, 4.69) is 6.92 Å². The Bertz CT molecular complexity index is 629. The van der Waals surface area contributed by atoms with Crippen molar-refractivity contribution >= 4 is 17.0 Å². The van der Waals surface area contributed by atoms with Gasteiger partial charge >= 0.3 is 5.97 Å². The molecule has 0 aromatic carbocycles. The number of unbranched alkanes of at least 4 members (excludes halogenated alkanes) is 2. The molecule has 0 atom stereocenters. The number of nitrogens with zero attached hydrogens (tertiary/aromatic N) is 2. The molecule has 0 saturated heterocycles. The molecule has 0 fully saturated rings. The molecule has 0 radical (unpaired) electrons. The minimum Gasteiger partial charge on any atom is -0.424 e. The summed E-state index contributed by atoms with van der Waals surface area (Å²) in [6, 6.07) is 2.01. The van der Waals surface area contributed by atoms with Gasteiger partial charge in [-0.1, -0.05) is 19.8 Å². The molecule has 0 bridgehead atoms. The Labute approximate surface area is 119 Å². The van der Waals surface area contributed by atoms with E-state index < -0.39 is 0 Å². The van der Waals surface area contributed by atoms with Crippen LogP contribution in [-0.4, -0.2) is 15.5 Å². The highest BCUT2D eigenvalue weighted by Crippen LogP contribution is 2.30. The Kier molecular flexibility index (Phi) is 4.42. The first-order valence-electron chi connectivity index (χ1n) is 7.17. The molecule has 2 aromatic heterocycles. The first-order valence-corrected chi connectivity index (χ1v) is 7.17. The van der Waals surface area contributed by atoms with Gasteiger partial charge in [-0.25, -0.2) is 4.98 Å². The van der Waals surface area contributed by atoms with Crippen LogP contribution >= 0.6 is 0 Å². The molecule has 2 rings (SSSR count). The third kappa shape index (κ3) is 2.84. The molecule has 0 unspecified atom stereocenters. The van der Waals surface area contributed by atoms with E-state index in [0.717, 1.165) is 48.0 Å². The maximum atomic E-state index is 11.3. The van der Waals surface area contributed by atoms with Gasteiger partial charge in [0.05, 0.1) is 5.69 Å². The summed E-state index contributed by atoms with van der Waals surface area (Å²) in [4.78, 5) is 16.0. The van der Waals surface area contributed by atoms with Gasteiger partial charge in [0.15, 0.2) is 5.75 Å². The molecular weight excluding hydrogens is 252 g/mol. The lowest BCUT2D eigenvalue weighted by Gasteiger charge is -2.12. The van der Waals surface area contributed by atoms with Crippen LogP contribution in [0.15, 0.2) is 12.3 Å². The van der Waals surface area contributed by atoms with Crippen molar-refractivity contribution in [1.82, 2.24) is 9.55 Å². The predicted octanol–water partition coefficient (Wildman–Crippen LogP) is 3.54. The maximum Gasteiger partial charge on any atom is 0.308 e. The number of aromatic nitrogens is 2. The maximum absolute atomic E-state index is 11.3. The van der Waals surface area contributed by atoms with Crippen LogP contribution in [0.2, 0.25) is 0 Å². The number of aryl methyl sites for hydroxylation is 3. The van der Waals surface area contributed by atoms with Crippen molar-refractivity contribution in [3.05, 3.63) is 23.5 Å². The van der Waals surface area contributed by atoms with Gasteiger partial charge in [0.25, 0.3) is 0 Å². The van der Waals surface area contributed by atoms with E-state index in [-0.39, 0.29) is 5.97 Å². The van der Waals surface area contributed by atoms with Gasteiger partial charge in [0, 0.05) is 31.1 Å². The minimum atomic E-state index is -0.290. The molecule has 0 aliphatic rings. The Hall–Kier alpha value is -1.84. The van der Waals surface area contributed by atoms with Gasteiger partial charge in [0.1, 0.15) is 5.65 Å². The van der Waals surface area contributed by atoms with Crippen LogP contribution < -0.4 is 4.74 Å². The standard InChI is InChI=1S/C16H22N2O2/c1-5-6-7-8-14-15(20-12(3)19)11(2)13-9-10-18(4)16(13)17-14/h9-10H,5-8H2,1-4H3. The number of esters is 1. The number of pyridine rings is 1. The van der Waals surface area contributed by atoms with E-state index >= 15 is 0 Å². The molecule has 0 aliphatic carbocycles. The van der Waals surface area contributed by atoms with Crippen molar-refractivity contribution in [2.75, 3.05) is 0 Å². The summed E-state index contributed by atoms with van der Waals surface area (Å²) < 4.78 is 7.42. The van der Waals surface area contributed by atoms with Gasteiger partial charge in [-0.15, -0.1) is 0 Å². The second-order valence-electron chi connectivity index (χ2n) is 5.23. The zero-order chi connectivity index (χ0) is 14.7. The monoisotopic (exact) mass is 274 g/mol. The lowest BCUT2D eigenvalue weighted by Crippen LogP contribution is -2.08. The van der Waals surface area contributed by atoms with Crippen LogP contribution in [0.25, 0.3) is 11.0 Å². The molecule has 4 nitrogen and oxygen atoms in total. The van der Waals surface area contributed by atoms with Crippen LogP contribution in [0.3, 0.4) is 0 Å². The molecule has 0 saturated carbocycles. The highest BCUT2D eigenvalue weighted by Gasteiger charge is 2.16. The number of hydrogen-bond donors (Lipinski definition) is 0. The number of fused-ring (bicyclic) bond motifs is 1. The van der Waals surface area contributed by atoms with Crippen LogP contribution in [0.1, 0.15) is 44.4 Å². The van der Waals surface area contributed by atoms with Gasteiger partial charge in [0.2, 0.25) is 0 Å². The van der Waals surface area contributed by atoms with E-state index in [4.69, 9.17) is 9.72 Å². The molecule has 0 aliphatic heterocycles. The summed E-state index contributed by atoms with van der Waals surface area (Å²) in [6.07, 6.45) is 6.21. The van der Waals surface area contributed by atoms with Gasteiger partial charge in [-0.05, 0) is 25.8 Å². The fraction of sp³-hybridized carbons (Fsp3) is 0.500. The summed E-state index contributed by atoms with van der Waals surface area (Å²) in [5, 5.41) is 1.04. The van der Waals surface area contributed by atoms with E-state index in [0.29, 0.717) is 5.75 Å². The molecular formula is C16H22N2O2. The number of rotatable bonds is 5. The summed E-state index contributed by atoms with van der Waals surface area (Å²) in [5.74, 6) is 0.356. The Morgan fingerprint density at radius 1 is 1.40 bits per heavy atom. The average Bonchev–Trinajstić information content (AvgIpc) is 2.76. The summed E-state index contributed by atoms with van der Waals surface area (Å²) >= 11 is 0. The van der Waals surface area contributed by atoms with E-state index in [1.165, 1.54) is 6.92 Å². The molecule has 20 heavy (non-hydrogen) atoms. The zero-order valence-corrected chi connectivity index (χ0v) is 12.7. The smallest absolute Gasteiger partial charge is 0.308 e. The lowest BCUT2D eigenvalue weighted by molar-refractivity contribution is -0.132. The first kappa shape index (κ1) is 14.6. The predicted molar refractivity (Wildman–Crippen MR) is 80.0 cm³/mol. The van der Waals surface area contributed by atoms with Gasteiger partial charge in [-0.3, -0.25) is 4.79 Å². The third-order valence-corrected chi connectivity index (χ3v) is 3.55.